The van der Waals surface area contributed by atoms with Crippen LogP contribution in [0, 0.1) is 17.8 Å². The second kappa shape index (κ2) is 22.2. The van der Waals surface area contributed by atoms with Crippen molar-refractivity contribution < 1.29 is 38.3 Å². The Kier molecular flexibility index (Phi) is 18.9. The minimum atomic E-state index is -1.38. The Morgan fingerprint density at radius 3 is 2.18 bits per heavy atom. The fourth-order valence-electron chi connectivity index (χ4n) is 6.57. The van der Waals surface area contributed by atoms with Crippen LogP contribution in [0.15, 0.2) is 0 Å². The van der Waals surface area contributed by atoms with Crippen LogP contribution < -0.4 is 38.1 Å². The van der Waals surface area contributed by atoms with Crippen molar-refractivity contribution in [1.29, 1.82) is 0 Å². The Balaban J connectivity index is 2.57. The van der Waals surface area contributed by atoms with Crippen molar-refractivity contribution in [2.75, 3.05) is 33.2 Å². The number of hydrogen-bond acceptors (Lipinski definition) is 10. The molecule has 0 radical (unpaired) electrons. The van der Waals surface area contributed by atoms with Crippen LogP contribution in [0.2, 0.25) is 0 Å². The highest BCUT2D eigenvalue weighted by Crippen LogP contribution is 2.28. The van der Waals surface area contributed by atoms with Gasteiger partial charge in [-0.15, -0.1) is 0 Å². The number of ether oxygens (including phenoxy) is 1. The predicted molar refractivity (Wildman–Crippen MR) is 190 cm³/mol. The molecule has 0 spiro atoms. The number of likely N-dealkylation sites (N-methyl/N-ethyl adjacent to an activating group) is 1. The van der Waals surface area contributed by atoms with Crippen LogP contribution in [0.4, 0.5) is 0 Å². The first-order chi connectivity index (χ1) is 24.2. The highest BCUT2D eigenvalue weighted by Gasteiger charge is 2.39. The van der Waals surface area contributed by atoms with E-state index in [9.17, 15) is 33.6 Å². The molecule has 1 heterocycles. The molecule has 2 aliphatic rings. The van der Waals surface area contributed by atoms with Gasteiger partial charge in [-0.3, -0.25) is 33.6 Å². The number of hydrogen-bond donors (Lipinski definition) is 7. The molecule has 0 aromatic heterocycles. The van der Waals surface area contributed by atoms with Crippen LogP contribution in [-0.2, 0) is 38.3 Å². The van der Waals surface area contributed by atoms with Crippen molar-refractivity contribution >= 4 is 41.4 Å². The van der Waals surface area contributed by atoms with Crippen LogP contribution in [0.5, 0.6) is 0 Å². The number of carbonyl (C=O) groups is 7. The topological polar surface area (TPSA) is 244 Å². The maximum absolute atomic E-state index is 14.1. The van der Waals surface area contributed by atoms with Gasteiger partial charge in [-0.1, -0.05) is 66.2 Å². The monoisotopic (exact) mass is 722 g/mol. The first-order valence-electron chi connectivity index (χ1n) is 18.6. The molecule has 1 saturated heterocycles. The third-order valence-corrected chi connectivity index (χ3v) is 9.68. The lowest BCUT2D eigenvalue weighted by molar-refractivity contribution is -0.157. The van der Waals surface area contributed by atoms with Gasteiger partial charge in [-0.05, 0) is 43.9 Å². The molecule has 9 N–H and O–H groups in total. The highest BCUT2D eigenvalue weighted by molar-refractivity contribution is 5.96. The number of amides is 6. The van der Waals surface area contributed by atoms with Gasteiger partial charge in [-0.25, -0.2) is 0 Å². The lowest BCUT2D eigenvalue weighted by Gasteiger charge is -2.36. The standard InChI is InChI=1S/C35H62N8O8/c1-6-7-8-12-15-27-22(4)35(50)43(5)26(16-21(2)3)33(48)42-30(23-13-10-9-11-14-23)34(49)40-24(17-36)32(47)41-25(19-38-28(44)18-37)31(46)39-20-29(45)51-27/h21-27,30H,6-20,36-37H2,1-5H3,(H,38,44)(H,39,46)(H,40,49)(H,41,47)(H,42,48)/t22-,24+,25+,26+,27+,30+/m1/s1. The molecular formula is C35H62N8O8. The third-order valence-electron chi connectivity index (χ3n) is 9.68. The molecule has 0 aromatic rings. The largest absolute Gasteiger partial charge is 0.460 e. The smallest absolute Gasteiger partial charge is 0.325 e. The van der Waals surface area contributed by atoms with Gasteiger partial charge in [0.25, 0.3) is 0 Å². The summed E-state index contributed by atoms with van der Waals surface area (Å²) in [5, 5.41) is 13.0. The van der Waals surface area contributed by atoms with Crippen LogP contribution in [0.25, 0.3) is 0 Å². The molecule has 16 heteroatoms. The second-order valence-corrected chi connectivity index (χ2v) is 14.2. The highest BCUT2D eigenvalue weighted by atomic mass is 16.5. The van der Waals surface area contributed by atoms with Crippen molar-refractivity contribution in [3.63, 3.8) is 0 Å². The summed E-state index contributed by atoms with van der Waals surface area (Å²) in [5.41, 5.74) is 11.3. The number of unbranched alkanes of at least 4 members (excludes halogenated alkanes) is 3. The van der Waals surface area contributed by atoms with Gasteiger partial charge >= 0.3 is 5.97 Å². The summed E-state index contributed by atoms with van der Waals surface area (Å²) in [6.07, 6.45) is 7.39. The Morgan fingerprint density at radius 2 is 1.57 bits per heavy atom. The Bertz CT molecular complexity index is 1190. The minimum Gasteiger partial charge on any atom is -0.460 e. The van der Waals surface area contributed by atoms with E-state index in [1.54, 1.807) is 6.92 Å². The van der Waals surface area contributed by atoms with E-state index in [4.69, 9.17) is 16.2 Å². The number of rotatable bonds is 12. The summed E-state index contributed by atoms with van der Waals surface area (Å²) in [6.45, 7) is 5.91. The number of esters is 1. The summed E-state index contributed by atoms with van der Waals surface area (Å²) in [4.78, 5) is 95.2. The zero-order valence-corrected chi connectivity index (χ0v) is 31.1. The molecule has 51 heavy (non-hydrogen) atoms. The van der Waals surface area contributed by atoms with E-state index in [1.807, 2.05) is 13.8 Å². The predicted octanol–water partition coefficient (Wildman–Crippen LogP) is -0.424. The zero-order chi connectivity index (χ0) is 38.1. The lowest BCUT2D eigenvalue weighted by Crippen LogP contribution is -2.62. The average Bonchev–Trinajstić information content (AvgIpc) is 3.12. The van der Waals surface area contributed by atoms with E-state index in [-0.39, 0.29) is 31.5 Å². The van der Waals surface area contributed by atoms with E-state index in [1.165, 1.54) is 11.9 Å². The first-order valence-corrected chi connectivity index (χ1v) is 18.6. The quantitative estimate of drug-likeness (QED) is 0.101. The third kappa shape index (κ3) is 14.0. The van der Waals surface area contributed by atoms with E-state index in [0.717, 1.165) is 38.5 Å². The van der Waals surface area contributed by atoms with Crippen LogP contribution >= 0.6 is 0 Å². The average molecular weight is 723 g/mol. The van der Waals surface area contributed by atoms with Gasteiger partial charge in [0.15, 0.2) is 0 Å². The maximum atomic E-state index is 14.1. The first kappa shape index (κ1) is 43.4. The Morgan fingerprint density at radius 1 is 0.902 bits per heavy atom. The lowest BCUT2D eigenvalue weighted by atomic mass is 9.83. The van der Waals surface area contributed by atoms with Crippen LogP contribution in [-0.4, -0.2) is 110 Å². The summed E-state index contributed by atoms with van der Waals surface area (Å²) in [5.74, 6) is -5.61. The summed E-state index contributed by atoms with van der Waals surface area (Å²) < 4.78 is 5.79. The molecule has 0 aromatic carbocycles. The van der Waals surface area contributed by atoms with Crippen molar-refractivity contribution in [2.24, 2.45) is 29.2 Å². The molecule has 6 atom stereocenters. The molecular weight excluding hydrogens is 660 g/mol. The SMILES string of the molecule is CCCCCC[C@@H]1OC(=O)CNC(=O)[C@H](CNC(=O)CN)NC(=O)[C@H](CN)NC(=O)[C@H](C2CCCCC2)NC(=O)[C@H](CC(C)C)N(C)C(=O)[C@@H]1C. The number of nitrogens with two attached hydrogens (primary N) is 2. The molecule has 1 saturated carbocycles. The van der Waals surface area contributed by atoms with E-state index in [0.29, 0.717) is 32.1 Å². The van der Waals surface area contributed by atoms with Crippen LogP contribution in [0.3, 0.4) is 0 Å². The molecule has 1 aliphatic carbocycles. The van der Waals surface area contributed by atoms with Gasteiger partial charge in [0, 0.05) is 20.1 Å². The minimum absolute atomic E-state index is 0.00838. The molecule has 0 unspecified atom stereocenters. The molecule has 16 nitrogen and oxygen atoms in total. The number of cyclic esters (lactones) is 1. The van der Waals surface area contributed by atoms with Crippen molar-refractivity contribution in [3.05, 3.63) is 0 Å². The Labute approximate surface area is 302 Å². The molecule has 6 amide bonds. The van der Waals surface area contributed by atoms with E-state index >= 15 is 0 Å². The number of carbonyl (C=O) groups excluding carboxylic acids is 7. The van der Waals surface area contributed by atoms with Gasteiger partial charge in [0.05, 0.1) is 12.5 Å². The summed E-state index contributed by atoms with van der Waals surface area (Å²) in [7, 11) is 1.54. The molecule has 1 aliphatic heterocycles. The van der Waals surface area contributed by atoms with Crippen molar-refractivity contribution in [2.45, 2.75) is 129 Å². The van der Waals surface area contributed by atoms with Crippen molar-refractivity contribution in [1.82, 2.24) is 31.5 Å². The summed E-state index contributed by atoms with van der Waals surface area (Å²) >= 11 is 0. The second-order valence-electron chi connectivity index (χ2n) is 14.2. The molecule has 2 fully saturated rings. The van der Waals surface area contributed by atoms with Gasteiger partial charge in [-0.2, -0.15) is 0 Å². The van der Waals surface area contributed by atoms with Crippen molar-refractivity contribution in [3.8, 4) is 0 Å². The fraction of sp³-hybridized carbons (Fsp3) is 0.800. The zero-order valence-electron chi connectivity index (χ0n) is 31.1. The van der Waals surface area contributed by atoms with Gasteiger partial charge in [0.1, 0.15) is 36.8 Å². The van der Waals surface area contributed by atoms with Crippen LogP contribution in [0.1, 0.15) is 98.3 Å². The molecule has 0 bridgehead atoms. The van der Waals surface area contributed by atoms with E-state index in [2.05, 4.69) is 33.5 Å². The summed E-state index contributed by atoms with van der Waals surface area (Å²) in [6, 6.07) is -4.64. The van der Waals surface area contributed by atoms with E-state index < -0.39 is 84.1 Å². The number of nitrogens with zero attached hydrogens (tertiary/aromatic N) is 1. The number of nitrogens with one attached hydrogen (secondary N) is 5. The fourth-order valence-corrected chi connectivity index (χ4v) is 6.57. The van der Waals surface area contributed by atoms with Gasteiger partial charge < -0.3 is 47.7 Å². The molecule has 290 valence electrons. The molecule has 2 rings (SSSR count). The Hall–Kier alpha value is -3.79. The maximum Gasteiger partial charge on any atom is 0.325 e. The normalized spacial score (nSPS) is 26.9. The van der Waals surface area contributed by atoms with Gasteiger partial charge in [0.2, 0.25) is 35.4 Å².